The van der Waals surface area contributed by atoms with Crippen molar-refractivity contribution in [2.75, 3.05) is 5.43 Å². The van der Waals surface area contributed by atoms with E-state index in [1.807, 2.05) is 30.3 Å². The van der Waals surface area contributed by atoms with Crippen molar-refractivity contribution in [2.24, 2.45) is 5.10 Å². The van der Waals surface area contributed by atoms with E-state index in [0.29, 0.717) is 0 Å². The largest absolute Gasteiger partial charge is 0.255 e. The molecule has 0 radical (unpaired) electrons. The van der Waals surface area contributed by atoms with Crippen LogP contribution in [0, 0.1) is 0 Å². The van der Waals surface area contributed by atoms with Gasteiger partial charge in [-0.25, -0.2) is 4.98 Å². The highest BCUT2D eigenvalue weighted by molar-refractivity contribution is 9.10. The lowest BCUT2D eigenvalue weighted by Gasteiger charge is -2.01. The topological polar surface area (TPSA) is 50.2 Å². The Labute approximate surface area is 153 Å². The first-order valence-corrected chi connectivity index (χ1v) is 9.33. The molecule has 0 bridgehead atoms. The fourth-order valence-corrected chi connectivity index (χ4v) is 3.53. The van der Waals surface area contributed by atoms with Gasteiger partial charge in [0.1, 0.15) is 0 Å². The Balaban J connectivity index is 1.80. The molecule has 0 unspecified atom stereocenters. The van der Waals surface area contributed by atoms with Gasteiger partial charge in [0.25, 0.3) is 0 Å². The van der Waals surface area contributed by atoms with E-state index in [1.165, 1.54) is 4.88 Å². The van der Waals surface area contributed by atoms with Crippen LogP contribution in [0.5, 0.6) is 0 Å². The number of halogens is 1. The number of thiazole rings is 1. The van der Waals surface area contributed by atoms with Crippen molar-refractivity contribution in [3.8, 4) is 11.3 Å². The minimum Gasteiger partial charge on any atom is -0.255 e. The summed E-state index contributed by atoms with van der Waals surface area (Å²) in [6.07, 6.45) is 5.53. The summed E-state index contributed by atoms with van der Waals surface area (Å²) in [6.45, 7) is 2.18. The van der Waals surface area contributed by atoms with Gasteiger partial charge in [-0.2, -0.15) is 5.10 Å². The van der Waals surface area contributed by atoms with E-state index in [4.69, 9.17) is 4.98 Å². The maximum Gasteiger partial charge on any atom is 0.204 e. The van der Waals surface area contributed by atoms with Crippen molar-refractivity contribution in [1.29, 1.82) is 0 Å². The van der Waals surface area contributed by atoms with Gasteiger partial charge < -0.3 is 0 Å². The number of hydrazone groups is 1. The molecule has 0 amide bonds. The lowest BCUT2D eigenvalue weighted by Crippen LogP contribution is -1.91. The smallest absolute Gasteiger partial charge is 0.204 e. The number of pyridine rings is 1. The van der Waals surface area contributed by atoms with E-state index in [2.05, 4.69) is 50.5 Å². The third kappa shape index (κ3) is 4.27. The van der Waals surface area contributed by atoms with Gasteiger partial charge in [-0.05, 0) is 30.7 Å². The average molecular weight is 401 g/mol. The van der Waals surface area contributed by atoms with Crippen molar-refractivity contribution in [1.82, 2.24) is 9.97 Å². The summed E-state index contributed by atoms with van der Waals surface area (Å²) in [4.78, 5) is 10.2. The molecule has 3 rings (SSSR count). The number of rotatable bonds is 6. The molecule has 4 nitrogen and oxygen atoms in total. The quantitative estimate of drug-likeness (QED) is 0.447. The van der Waals surface area contributed by atoms with Crippen LogP contribution < -0.4 is 5.43 Å². The molecular formula is C18H17BrN4S. The average Bonchev–Trinajstić information content (AvgIpc) is 3.00. The lowest BCUT2D eigenvalue weighted by atomic mass is 10.1. The van der Waals surface area contributed by atoms with Gasteiger partial charge in [0, 0.05) is 21.1 Å². The van der Waals surface area contributed by atoms with Crippen LogP contribution in [0.3, 0.4) is 0 Å². The zero-order valence-corrected chi connectivity index (χ0v) is 15.6. The maximum atomic E-state index is 4.72. The predicted molar refractivity (Wildman–Crippen MR) is 105 cm³/mol. The Morgan fingerprint density at radius 1 is 1.21 bits per heavy atom. The second kappa shape index (κ2) is 8.17. The first kappa shape index (κ1) is 16.8. The highest BCUT2D eigenvalue weighted by atomic mass is 79.9. The molecule has 3 aromatic rings. The van der Waals surface area contributed by atoms with Gasteiger partial charge in [0.2, 0.25) is 5.13 Å². The van der Waals surface area contributed by atoms with Gasteiger partial charge in [-0.3, -0.25) is 10.4 Å². The van der Waals surface area contributed by atoms with E-state index >= 15 is 0 Å². The molecule has 0 atom stereocenters. The summed E-state index contributed by atoms with van der Waals surface area (Å²) in [5.74, 6) is 0. The number of hydrogen-bond acceptors (Lipinski definition) is 5. The molecular weight excluding hydrogens is 384 g/mol. The molecule has 0 aliphatic rings. The summed E-state index contributed by atoms with van der Waals surface area (Å²) in [6, 6.07) is 14.0. The second-order valence-corrected chi connectivity index (χ2v) is 7.17. The Morgan fingerprint density at radius 2 is 2.04 bits per heavy atom. The van der Waals surface area contributed by atoms with Crippen molar-refractivity contribution < 1.29 is 0 Å². The highest BCUT2D eigenvalue weighted by Crippen LogP contribution is 2.32. The van der Waals surface area contributed by atoms with Crippen LogP contribution in [0.1, 0.15) is 23.9 Å². The van der Waals surface area contributed by atoms with Crippen molar-refractivity contribution in [2.45, 2.75) is 19.8 Å². The van der Waals surface area contributed by atoms with E-state index in [1.54, 1.807) is 23.7 Å². The van der Waals surface area contributed by atoms with E-state index < -0.39 is 0 Å². The predicted octanol–water partition coefficient (Wildman–Crippen LogP) is 5.37. The summed E-state index contributed by atoms with van der Waals surface area (Å²) in [5, 5.41) is 5.03. The fourth-order valence-electron chi connectivity index (χ4n) is 2.24. The first-order valence-electron chi connectivity index (χ1n) is 7.72. The van der Waals surface area contributed by atoms with Crippen LogP contribution >= 0.6 is 27.3 Å². The summed E-state index contributed by atoms with van der Waals surface area (Å²) in [7, 11) is 0. The van der Waals surface area contributed by atoms with Crippen LogP contribution in [0.2, 0.25) is 0 Å². The van der Waals surface area contributed by atoms with E-state index in [-0.39, 0.29) is 0 Å². The first-order chi connectivity index (χ1) is 11.8. The van der Waals surface area contributed by atoms with Crippen molar-refractivity contribution in [3.63, 3.8) is 0 Å². The standard InChI is InChI=1S/C18H17BrN4S/c1-2-5-16-17(13-7-9-14(19)10-8-13)22-18(24-16)23-21-12-15-6-3-4-11-20-15/h3-4,6-12H,2,5H2,1H3,(H,22,23)/b21-12+. The third-order valence-electron chi connectivity index (χ3n) is 3.34. The molecule has 1 aromatic carbocycles. The fraction of sp³-hybridized carbons (Fsp3) is 0.167. The molecule has 122 valence electrons. The van der Waals surface area contributed by atoms with Crippen molar-refractivity contribution in [3.05, 3.63) is 63.7 Å². The molecule has 0 spiro atoms. The molecule has 1 N–H and O–H groups in total. The van der Waals surface area contributed by atoms with Gasteiger partial charge >= 0.3 is 0 Å². The number of aromatic nitrogens is 2. The molecule has 0 aliphatic carbocycles. The monoisotopic (exact) mass is 400 g/mol. The number of nitrogens with one attached hydrogen (secondary N) is 1. The van der Waals surface area contributed by atoms with E-state index in [0.717, 1.165) is 39.4 Å². The normalized spacial score (nSPS) is 11.1. The minimum absolute atomic E-state index is 0.795. The maximum absolute atomic E-state index is 4.72. The molecule has 0 saturated carbocycles. The van der Waals surface area contributed by atoms with Gasteiger partial charge in [0.15, 0.2) is 0 Å². The molecule has 24 heavy (non-hydrogen) atoms. The Kier molecular flexibility index (Phi) is 5.72. The second-order valence-electron chi connectivity index (χ2n) is 5.17. The Morgan fingerprint density at radius 3 is 2.75 bits per heavy atom. The van der Waals surface area contributed by atoms with Gasteiger partial charge in [0.05, 0.1) is 17.6 Å². The van der Waals surface area contributed by atoms with Crippen LogP contribution in [-0.4, -0.2) is 16.2 Å². The SMILES string of the molecule is CCCc1sc(N/N=C/c2ccccn2)nc1-c1ccc(Br)cc1. The molecule has 0 saturated heterocycles. The zero-order valence-electron chi connectivity index (χ0n) is 13.2. The lowest BCUT2D eigenvalue weighted by molar-refractivity contribution is 0.938. The van der Waals surface area contributed by atoms with Gasteiger partial charge in [-0.15, -0.1) is 0 Å². The number of hydrogen-bond donors (Lipinski definition) is 1. The number of benzene rings is 1. The summed E-state index contributed by atoms with van der Waals surface area (Å²) < 4.78 is 1.07. The molecule has 0 fully saturated rings. The molecule has 2 aromatic heterocycles. The summed E-state index contributed by atoms with van der Waals surface area (Å²) >= 11 is 5.12. The van der Waals surface area contributed by atoms with Crippen LogP contribution in [0.4, 0.5) is 5.13 Å². The molecule has 6 heteroatoms. The highest BCUT2D eigenvalue weighted by Gasteiger charge is 2.12. The Bertz CT molecular complexity index is 813. The van der Waals surface area contributed by atoms with Crippen LogP contribution in [0.25, 0.3) is 11.3 Å². The van der Waals surface area contributed by atoms with Gasteiger partial charge in [-0.1, -0.05) is 58.8 Å². The summed E-state index contributed by atoms with van der Waals surface area (Å²) in [5.41, 5.74) is 5.99. The number of aryl methyl sites for hydroxylation is 1. The molecule has 2 heterocycles. The number of nitrogens with zero attached hydrogens (tertiary/aromatic N) is 3. The Hall–Kier alpha value is -2.05. The minimum atomic E-state index is 0.795. The van der Waals surface area contributed by atoms with Crippen molar-refractivity contribution >= 4 is 38.6 Å². The molecule has 0 aliphatic heterocycles. The van der Waals surface area contributed by atoms with E-state index in [9.17, 15) is 0 Å². The zero-order chi connectivity index (χ0) is 16.8. The third-order valence-corrected chi connectivity index (χ3v) is 4.89. The van der Waals surface area contributed by atoms with Crippen LogP contribution in [0.15, 0.2) is 58.2 Å². The van der Waals surface area contributed by atoms with Crippen LogP contribution in [-0.2, 0) is 6.42 Å². The number of anilines is 1.